The highest BCUT2D eigenvalue weighted by Gasteiger charge is 2.36. The van der Waals surface area contributed by atoms with E-state index in [-0.39, 0.29) is 12.9 Å². The summed E-state index contributed by atoms with van der Waals surface area (Å²) in [6.45, 7) is 2.01. The molecule has 1 unspecified atom stereocenters. The summed E-state index contributed by atoms with van der Waals surface area (Å²) in [5.41, 5.74) is 0.463. The predicted octanol–water partition coefficient (Wildman–Crippen LogP) is 1.50. The van der Waals surface area contributed by atoms with Crippen molar-refractivity contribution in [1.29, 1.82) is 0 Å². The van der Waals surface area contributed by atoms with Crippen LogP contribution in [0.5, 0.6) is 0 Å². The topological polar surface area (TPSA) is 60.8 Å². The molecule has 2 aliphatic heterocycles. The SMILES string of the molecule is OC1(c2cc(C3OCCO3)cc(Br)n2)CCOC1. The lowest BCUT2D eigenvalue weighted by atomic mass is 9.97. The summed E-state index contributed by atoms with van der Waals surface area (Å²) in [6.07, 6.45) is 0.191. The normalized spacial score (nSPS) is 29.0. The van der Waals surface area contributed by atoms with Crippen LogP contribution in [0.3, 0.4) is 0 Å². The van der Waals surface area contributed by atoms with Gasteiger partial charge in [0.15, 0.2) is 6.29 Å². The van der Waals surface area contributed by atoms with Gasteiger partial charge in [-0.2, -0.15) is 0 Å². The maximum Gasteiger partial charge on any atom is 0.184 e. The molecule has 0 radical (unpaired) electrons. The van der Waals surface area contributed by atoms with E-state index in [0.717, 1.165) is 5.56 Å². The lowest BCUT2D eigenvalue weighted by Crippen LogP contribution is -2.27. The van der Waals surface area contributed by atoms with Gasteiger partial charge in [-0.1, -0.05) is 0 Å². The third-order valence-electron chi connectivity index (χ3n) is 3.19. The van der Waals surface area contributed by atoms with Gasteiger partial charge in [0.05, 0.1) is 25.5 Å². The van der Waals surface area contributed by atoms with Gasteiger partial charge in [0.1, 0.15) is 10.2 Å². The molecule has 2 saturated heterocycles. The molecule has 1 aromatic rings. The van der Waals surface area contributed by atoms with Gasteiger partial charge >= 0.3 is 0 Å². The van der Waals surface area contributed by atoms with E-state index in [0.29, 0.717) is 36.5 Å². The Labute approximate surface area is 113 Å². The van der Waals surface area contributed by atoms with Gasteiger partial charge in [0, 0.05) is 18.6 Å². The average Bonchev–Trinajstić information content (AvgIpc) is 2.99. The van der Waals surface area contributed by atoms with Crippen molar-refractivity contribution in [3.63, 3.8) is 0 Å². The van der Waals surface area contributed by atoms with E-state index in [4.69, 9.17) is 14.2 Å². The number of hydrogen-bond acceptors (Lipinski definition) is 5. The number of ether oxygens (including phenoxy) is 3. The molecule has 0 spiro atoms. The molecule has 18 heavy (non-hydrogen) atoms. The Kier molecular flexibility index (Phi) is 3.38. The molecule has 0 aromatic carbocycles. The summed E-state index contributed by atoms with van der Waals surface area (Å²) in [6, 6.07) is 3.67. The summed E-state index contributed by atoms with van der Waals surface area (Å²) in [5.74, 6) is 0. The number of pyridine rings is 1. The van der Waals surface area contributed by atoms with Crippen LogP contribution in [0.15, 0.2) is 16.7 Å². The monoisotopic (exact) mass is 315 g/mol. The molecule has 2 aliphatic rings. The zero-order chi connectivity index (χ0) is 12.6. The van der Waals surface area contributed by atoms with Crippen molar-refractivity contribution in [3.05, 3.63) is 28.0 Å². The van der Waals surface area contributed by atoms with Crippen molar-refractivity contribution < 1.29 is 19.3 Å². The molecule has 2 fully saturated rings. The Balaban J connectivity index is 1.94. The third kappa shape index (κ3) is 2.31. The summed E-state index contributed by atoms with van der Waals surface area (Å²) >= 11 is 3.36. The summed E-state index contributed by atoms with van der Waals surface area (Å²) < 4.78 is 16.8. The Morgan fingerprint density at radius 2 is 2.06 bits per heavy atom. The van der Waals surface area contributed by atoms with Crippen LogP contribution >= 0.6 is 15.9 Å². The van der Waals surface area contributed by atoms with Gasteiger partial charge < -0.3 is 19.3 Å². The Morgan fingerprint density at radius 3 is 2.72 bits per heavy atom. The van der Waals surface area contributed by atoms with E-state index in [9.17, 15) is 5.11 Å². The highest BCUT2D eigenvalue weighted by molar-refractivity contribution is 9.10. The lowest BCUT2D eigenvalue weighted by Gasteiger charge is -2.21. The summed E-state index contributed by atoms with van der Waals surface area (Å²) in [4.78, 5) is 4.33. The van der Waals surface area contributed by atoms with Crippen LogP contribution in [0.25, 0.3) is 0 Å². The Bertz CT molecular complexity index is 442. The molecule has 6 heteroatoms. The van der Waals surface area contributed by atoms with Gasteiger partial charge in [-0.25, -0.2) is 4.98 Å². The van der Waals surface area contributed by atoms with Gasteiger partial charge in [-0.05, 0) is 28.1 Å². The minimum Gasteiger partial charge on any atom is -0.381 e. The quantitative estimate of drug-likeness (QED) is 0.838. The van der Waals surface area contributed by atoms with E-state index in [1.165, 1.54) is 0 Å². The highest BCUT2D eigenvalue weighted by atomic mass is 79.9. The van der Waals surface area contributed by atoms with Gasteiger partial charge in [-0.15, -0.1) is 0 Å². The van der Waals surface area contributed by atoms with Crippen LogP contribution in [-0.2, 0) is 19.8 Å². The third-order valence-corrected chi connectivity index (χ3v) is 3.59. The largest absolute Gasteiger partial charge is 0.381 e. The van der Waals surface area contributed by atoms with Crippen LogP contribution in [-0.4, -0.2) is 36.5 Å². The second-order valence-electron chi connectivity index (χ2n) is 4.52. The van der Waals surface area contributed by atoms with Crippen molar-refractivity contribution >= 4 is 15.9 Å². The maximum absolute atomic E-state index is 10.5. The molecule has 0 aliphatic carbocycles. The first-order chi connectivity index (χ1) is 8.67. The lowest BCUT2D eigenvalue weighted by molar-refractivity contribution is -0.0447. The minimum atomic E-state index is -1.00. The smallest absolute Gasteiger partial charge is 0.184 e. The zero-order valence-corrected chi connectivity index (χ0v) is 11.4. The molecular weight excluding hydrogens is 302 g/mol. The number of aromatic nitrogens is 1. The van der Waals surface area contributed by atoms with Crippen molar-refractivity contribution in [2.75, 3.05) is 26.4 Å². The van der Waals surface area contributed by atoms with Crippen LogP contribution in [0, 0.1) is 0 Å². The van der Waals surface area contributed by atoms with Crippen LogP contribution in [0.2, 0.25) is 0 Å². The minimum absolute atomic E-state index is 0.280. The van der Waals surface area contributed by atoms with Crippen molar-refractivity contribution in [2.45, 2.75) is 18.3 Å². The Morgan fingerprint density at radius 1 is 1.28 bits per heavy atom. The van der Waals surface area contributed by atoms with Crippen molar-refractivity contribution in [3.8, 4) is 0 Å². The number of hydrogen-bond donors (Lipinski definition) is 1. The number of rotatable bonds is 2. The number of nitrogens with zero attached hydrogens (tertiary/aromatic N) is 1. The molecule has 1 aromatic heterocycles. The molecule has 0 amide bonds. The standard InChI is InChI=1S/C12H14BrNO4/c13-10-6-8(11-17-3-4-18-11)5-9(14-10)12(15)1-2-16-7-12/h5-6,11,15H,1-4,7H2. The molecule has 1 atom stereocenters. The predicted molar refractivity (Wildman–Crippen MR) is 65.9 cm³/mol. The van der Waals surface area contributed by atoms with E-state index >= 15 is 0 Å². The summed E-state index contributed by atoms with van der Waals surface area (Å²) in [5, 5.41) is 10.5. The second-order valence-corrected chi connectivity index (χ2v) is 5.33. The van der Waals surface area contributed by atoms with E-state index in [1.807, 2.05) is 12.1 Å². The van der Waals surface area contributed by atoms with Gasteiger partial charge in [-0.3, -0.25) is 0 Å². The first kappa shape index (κ1) is 12.5. The Hall–Kier alpha value is -0.530. The maximum atomic E-state index is 10.5. The van der Waals surface area contributed by atoms with Gasteiger partial charge in [0.25, 0.3) is 0 Å². The molecule has 98 valence electrons. The molecule has 1 N–H and O–H groups in total. The molecule has 0 bridgehead atoms. The fourth-order valence-corrected chi connectivity index (χ4v) is 2.65. The first-order valence-electron chi connectivity index (χ1n) is 5.89. The second kappa shape index (κ2) is 4.86. The van der Waals surface area contributed by atoms with Crippen LogP contribution < -0.4 is 0 Å². The fraction of sp³-hybridized carbons (Fsp3) is 0.583. The molecule has 3 heterocycles. The van der Waals surface area contributed by atoms with E-state index in [2.05, 4.69) is 20.9 Å². The molecule has 0 saturated carbocycles. The average molecular weight is 316 g/mol. The van der Waals surface area contributed by atoms with Crippen LogP contribution in [0.1, 0.15) is 24.0 Å². The number of halogens is 1. The molecule has 3 rings (SSSR count). The van der Waals surface area contributed by atoms with Crippen LogP contribution in [0.4, 0.5) is 0 Å². The molecular formula is C12H14BrNO4. The highest BCUT2D eigenvalue weighted by Crippen LogP contribution is 2.33. The van der Waals surface area contributed by atoms with E-state index < -0.39 is 5.60 Å². The van der Waals surface area contributed by atoms with Crippen molar-refractivity contribution in [1.82, 2.24) is 4.98 Å². The number of aliphatic hydroxyl groups is 1. The molecule has 5 nitrogen and oxygen atoms in total. The van der Waals surface area contributed by atoms with Crippen molar-refractivity contribution in [2.24, 2.45) is 0 Å². The summed E-state index contributed by atoms with van der Waals surface area (Å²) in [7, 11) is 0. The first-order valence-corrected chi connectivity index (χ1v) is 6.68. The van der Waals surface area contributed by atoms with Gasteiger partial charge in [0.2, 0.25) is 0 Å². The zero-order valence-electron chi connectivity index (χ0n) is 9.76. The van der Waals surface area contributed by atoms with E-state index in [1.54, 1.807) is 0 Å². The fourth-order valence-electron chi connectivity index (χ4n) is 2.20.